The number of aromatic nitrogens is 2. The van der Waals surface area contributed by atoms with E-state index in [0.717, 1.165) is 11.8 Å². The molecule has 0 atom stereocenters. The average Bonchev–Trinajstić information content (AvgIpc) is 3.11. The van der Waals surface area contributed by atoms with Crippen molar-refractivity contribution in [1.29, 1.82) is 0 Å². The second-order valence-electron chi connectivity index (χ2n) is 6.56. The highest BCUT2D eigenvalue weighted by Gasteiger charge is 2.37. The summed E-state index contributed by atoms with van der Waals surface area (Å²) in [6.07, 6.45) is 1.61. The fourth-order valence-electron chi connectivity index (χ4n) is 3.25. The number of anilines is 1. The van der Waals surface area contributed by atoms with Crippen LogP contribution >= 0.6 is 47.2 Å². The third-order valence-electron chi connectivity index (χ3n) is 4.82. The van der Waals surface area contributed by atoms with Crippen molar-refractivity contribution in [2.24, 2.45) is 7.05 Å². The van der Waals surface area contributed by atoms with Crippen molar-refractivity contribution in [2.45, 2.75) is 6.92 Å². The van der Waals surface area contributed by atoms with Gasteiger partial charge in [0.25, 0.3) is 11.5 Å². The molecule has 0 radical (unpaired) electrons. The molecule has 0 N–H and O–H groups in total. The quantitative estimate of drug-likeness (QED) is 0.385. The summed E-state index contributed by atoms with van der Waals surface area (Å²) in [5.41, 5.74) is 1.76. The largest absolute Gasteiger partial charge is 0.296 e. The van der Waals surface area contributed by atoms with Crippen LogP contribution in [0.2, 0.25) is 10.0 Å². The van der Waals surface area contributed by atoms with Crippen molar-refractivity contribution in [3.8, 4) is 5.69 Å². The van der Waals surface area contributed by atoms with Crippen LogP contribution in [0.3, 0.4) is 0 Å². The number of hydrogen-bond acceptors (Lipinski definition) is 4. The highest BCUT2D eigenvalue weighted by Crippen LogP contribution is 2.38. The molecule has 1 aliphatic rings. The van der Waals surface area contributed by atoms with Crippen LogP contribution in [-0.2, 0) is 11.8 Å². The highest BCUT2D eigenvalue weighted by molar-refractivity contribution is 8.27. The number of hydrogen-bond donors (Lipinski definition) is 0. The van der Waals surface area contributed by atoms with Crippen LogP contribution in [0.4, 0.5) is 5.69 Å². The van der Waals surface area contributed by atoms with E-state index in [1.54, 1.807) is 42.9 Å². The molecule has 152 valence electrons. The van der Waals surface area contributed by atoms with Gasteiger partial charge in [0.15, 0.2) is 4.32 Å². The molecule has 1 aromatic heterocycles. The summed E-state index contributed by atoms with van der Waals surface area (Å²) in [4.78, 5) is 28.1. The van der Waals surface area contributed by atoms with Crippen molar-refractivity contribution in [3.05, 3.63) is 85.1 Å². The Bertz CT molecular complexity index is 1260. The van der Waals surface area contributed by atoms with Gasteiger partial charge in [-0.2, -0.15) is 0 Å². The number of amides is 1. The van der Waals surface area contributed by atoms with Crippen molar-refractivity contribution in [1.82, 2.24) is 9.36 Å². The zero-order valence-electron chi connectivity index (χ0n) is 15.9. The van der Waals surface area contributed by atoms with Crippen LogP contribution in [0.15, 0.2) is 58.2 Å². The molecule has 1 saturated heterocycles. The van der Waals surface area contributed by atoms with E-state index in [1.807, 2.05) is 30.3 Å². The second kappa shape index (κ2) is 8.07. The summed E-state index contributed by atoms with van der Waals surface area (Å²) in [6, 6.07) is 14.3. The predicted octanol–water partition coefficient (Wildman–Crippen LogP) is 5.20. The molecule has 30 heavy (non-hydrogen) atoms. The Labute approximate surface area is 192 Å². The Morgan fingerprint density at radius 2 is 1.63 bits per heavy atom. The lowest BCUT2D eigenvalue weighted by Gasteiger charge is -2.12. The van der Waals surface area contributed by atoms with E-state index in [1.165, 1.54) is 9.58 Å². The smallest absolute Gasteiger partial charge is 0.283 e. The minimum Gasteiger partial charge on any atom is -0.283 e. The first-order valence-electron chi connectivity index (χ1n) is 8.87. The number of carbonyl (C=O) groups is 1. The number of thioether (sulfide) groups is 1. The Morgan fingerprint density at radius 3 is 2.27 bits per heavy atom. The van der Waals surface area contributed by atoms with Gasteiger partial charge in [-0.3, -0.25) is 19.2 Å². The van der Waals surface area contributed by atoms with Crippen LogP contribution < -0.4 is 10.5 Å². The van der Waals surface area contributed by atoms with Crippen LogP contribution in [0.1, 0.15) is 11.3 Å². The van der Waals surface area contributed by atoms with Crippen molar-refractivity contribution in [3.63, 3.8) is 0 Å². The van der Waals surface area contributed by atoms with Gasteiger partial charge in [-0.15, -0.1) is 0 Å². The maximum absolute atomic E-state index is 13.3. The van der Waals surface area contributed by atoms with Gasteiger partial charge in [0.1, 0.15) is 5.69 Å². The maximum atomic E-state index is 13.3. The molecule has 3 aromatic rings. The number of nitrogens with zero attached hydrogens (tertiary/aromatic N) is 3. The van der Waals surface area contributed by atoms with Gasteiger partial charge in [0.05, 0.1) is 16.3 Å². The first-order chi connectivity index (χ1) is 14.3. The SMILES string of the molecule is Cc1c(N2C(=O)C(=Cc3c(Cl)cccc3Cl)SC2=S)c(=O)n(-c2ccccc2)n1C. The third kappa shape index (κ3) is 3.41. The van der Waals surface area contributed by atoms with E-state index in [2.05, 4.69) is 0 Å². The minimum atomic E-state index is -0.382. The normalized spacial score (nSPS) is 15.5. The van der Waals surface area contributed by atoms with Crippen LogP contribution in [0, 0.1) is 6.92 Å². The molecule has 1 fully saturated rings. The van der Waals surface area contributed by atoms with E-state index in [4.69, 9.17) is 35.4 Å². The monoisotopic (exact) mass is 475 g/mol. The summed E-state index contributed by atoms with van der Waals surface area (Å²) in [5, 5.41) is 0.852. The zero-order valence-corrected chi connectivity index (χ0v) is 19.1. The van der Waals surface area contributed by atoms with Crippen molar-refractivity contribution >= 4 is 69.2 Å². The summed E-state index contributed by atoms with van der Waals surface area (Å²) in [6.45, 7) is 1.78. The Hall–Kier alpha value is -2.32. The summed E-state index contributed by atoms with van der Waals surface area (Å²) in [5.74, 6) is -0.382. The molecule has 1 aliphatic heterocycles. The summed E-state index contributed by atoms with van der Waals surface area (Å²) in [7, 11) is 1.77. The maximum Gasteiger partial charge on any atom is 0.296 e. The van der Waals surface area contributed by atoms with Gasteiger partial charge >= 0.3 is 0 Å². The van der Waals surface area contributed by atoms with Crippen LogP contribution in [-0.4, -0.2) is 19.6 Å². The molecular formula is C21H15Cl2N3O2S2. The molecule has 2 aromatic carbocycles. The molecule has 4 rings (SSSR count). The topological polar surface area (TPSA) is 47.2 Å². The molecule has 0 spiro atoms. The predicted molar refractivity (Wildman–Crippen MR) is 128 cm³/mol. The molecule has 0 aliphatic carbocycles. The first kappa shape index (κ1) is 20.9. The van der Waals surface area contributed by atoms with Crippen molar-refractivity contribution in [2.75, 3.05) is 4.90 Å². The fraction of sp³-hybridized carbons (Fsp3) is 0.0952. The highest BCUT2D eigenvalue weighted by atomic mass is 35.5. The molecule has 9 heteroatoms. The lowest BCUT2D eigenvalue weighted by Crippen LogP contribution is -2.33. The molecule has 5 nitrogen and oxygen atoms in total. The van der Waals surface area contributed by atoms with E-state index >= 15 is 0 Å². The summed E-state index contributed by atoms with van der Waals surface area (Å²) >= 11 is 19.0. The van der Waals surface area contributed by atoms with Gasteiger partial charge in [-0.05, 0) is 37.3 Å². The van der Waals surface area contributed by atoms with Gasteiger partial charge in [-0.1, -0.05) is 71.4 Å². The first-order valence-corrected chi connectivity index (χ1v) is 10.9. The van der Waals surface area contributed by atoms with Gasteiger partial charge < -0.3 is 0 Å². The lowest BCUT2D eigenvalue weighted by molar-refractivity contribution is -0.113. The molecule has 2 heterocycles. The molecule has 0 bridgehead atoms. The van der Waals surface area contributed by atoms with Gasteiger partial charge in [0, 0.05) is 22.7 Å². The van der Waals surface area contributed by atoms with E-state index in [9.17, 15) is 9.59 Å². The Kier molecular flexibility index (Phi) is 5.63. The van der Waals surface area contributed by atoms with Crippen LogP contribution in [0.5, 0.6) is 0 Å². The molecule has 0 unspecified atom stereocenters. The Balaban J connectivity index is 1.81. The second-order valence-corrected chi connectivity index (χ2v) is 9.05. The third-order valence-corrected chi connectivity index (χ3v) is 6.78. The number of para-hydroxylation sites is 1. The Morgan fingerprint density at radius 1 is 1.00 bits per heavy atom. The number of benzene rings is 2. The fourth-order valence-corrected chi connectivity index (χ4v) is 5.01. The number of rotatable bonds is 3. The van der Waals surface area contributed by atoms with E-state index in [0.29, 0.717) is 31.9 Å². The zero-order chi connectivity index (χ0) is 21.6. The number of thiocarbonyl (C=S) groups is 1. The van der Waals surface area contributed by atoms with Crippen molar-refractivity contribution < 1.29 is 4.79 Å². The standard InChI is InChI=1S/C21H15Cl2N3O2S2/c1-12-18(20(28)26(24(12)2)13-7-4-3-5-8-13)25-19(27)17(30-21(25)29)11-14-15(22)9-6-10-16(14)23/h3-11H,1-2H3. The number of halogens is 2. The summed E-state index contributed by atoms with van der Waals surface area (Å²) < 4.78 is 3.50. The van der Waals surface area contributed by atoms with Gasteiger partial charge in [-0.25, -0.2) is 4.68 Å². The van der Waals surface area contributed by atoms with Gasteiger partial charge in [0.2, 0.25) is 0 Å². The minimum absolute atomic E-state index is 0.234. The van der Waals surface area contributed by atoms with E-state index in [-0.39, 0.29) is 21.5 Å². The lowest BCUT2D eigenvalue weighted by atomic mass is 10.2. The molecule has 1 amide bonds. The average molecular weight is 476 g/mol. The van der Waals surface area contributed by atoms with E-state index < -0.39 is 0 Å². The number of carbonyl (C=O) groups excluding carboxylic acids is 1. The molecular weight excluding hydrogens is 461 g/mol. The molecule has 0 saturated carbocycles. The van der Waals surface area contributed by atoms with Crippen LogP contribution in [0.25, 0.3) is 11.8 Å².